The van der Waals surface area contributed by atoms with Crippen molar-refractivity contribution in [3.05, 3.63) is 36.2 Å². The molecule has 0 spiro atoms. The van der Waals surface area contributed by atoms with Gasteiger partial charge in [-0.25, -0.2) is 14.6 Å². The minimum absolute atomic E-state index is 0.551. The van der Waals surface area contributed by atoms with Gasteiger partial charge in [0.1, 0.15) is 12.4 Å². The summed E-state index contributed by atoms with van der Waals surface area (Å²) in [5.41, 5.74) is 1.20. The van der Waals surface area contributed by atoms with Crippen molar-refractivity contribution in [1.29, 1.82) is 0 Å². The second kappa shape index (κ2) is 4.80. The Kier molecular flexibility index (Phi) is 3.21. The number of aliphatic hydroxyl groups is 1. The third-order valence-electron chi connectivity index (χ3n) is 2.25. The van der Waals surface area contributed by atoms with Crippen LogP contribution >= 0.6 is 0 Å². The summed E-state index contributed by atoms with van der Waals surface area (Å²) < 4.78 is 1.69. The lowest BCUT2D eigenvalue weighted by Crippen LogP contribution is -2.11. The van der Waals surface area contributed by atoms with Crippen molar-refractivity contribution >= 4 is 0 Å². The first-order valence-electron chi connectivity index (χ1n) is 5.15. The van der Waals surface area contributed by atoms with Crippen LogP contribution in [-0.4, -0.2) is 30.1 Å². The van der Waals surface area contributed by atoms with Gasteiger partial charge in [-0.15, -0.1) is 5.10 Å². The Hall–Kier alpha value is -1.82. The molecule has 0 aliphatic carbocycles. The molecule has 2 heterocycles. The van der Waals surface area contributed by atoms with Crippen molar-refractivity contribution in [2.45, 2.75) is 26.0 Å². The van der Waals surface area contributed by atoms with Crippen molar-refractivity contribution in [1.82, 2.24) is 25.0 Å². The Morgan fingerprint density at radius 3 is 3.06 bits per heavy atom. The normalized spacial score (nSPS) is 12.6. The molecule has 6 heteroatoms. The minimum Gasteiger partial charge on any atom is -0.380 e. The number of hydrogen-bond acceptors (Lipinski definition) is 5. The topological polar surface area (TPSA) is 76.7 Å². The lowest BCUT2D eigenvalue weighted by atomic mass is 10.2. The zero-order valence-corrected chi connectivity index (χ0v) is 8.98. The largest absolute Gasteiger partial charge is 0.380 e. The number of aryl methyl sites for hydroxylation is 1. The standard InChI is InChI=1S/C10H13N5O/c1-2-5-15-9(6-13-14-15)10(16)8-3-4-11-7-12-8/h3-4,6-7,10,16H,2,5H2,1H3. The molecule has 1 atom stereocenters. The van der Waals surface area contributed by atoms with Crippen molar-refractivity contribution in [3.8, 4) is 0 Å². The fraction of sp³-hybridized carbons (Fsp3) is 0.400. The van der Waals surface area contributed by atoms with E-state index in [1.54, 1.807) is 23.1 Å². The van der Waals surface area contributed by atoms with E-state index in [0.717, 1.165) is 13.0 Å². The molecule has 0 amide bonds. The van der Waals surface area contributed by atoms with E-state index in [-0.39, 0.29) is 0 Å². The van der Waals surface area contributed by atoms with Crippen LogP contribution in [0, 0.1) is 0 Å². The molecule has 1 unspecified atom stereocenters. The highest BCUT2D eigenvalue weighted by molar-refractivity contribution is 5.15. The average Bonchev–Trinajstić information content (AvgIpc) is 2.78. The number of aliphatic hydroxyl groups excluding tert-OH is 1. The molecular formula is C10H13N5O. The molecule has 2 rings (SSSR count). The number of nitrogens with zero attached hydrogens (tertiary/aromatic N) is 5. The van der Waals surface area contributed by atoms with Crippen LogP contribution in [0.15, 0.2) is 24.8 Å². The molecule has 2 aromatic rings. The van der Waals surface area contributed by atoms with Crippen molar-refractivity contribution < 1.29 is 5.11 Å². The molecule has 0 saturated heterocycles. The maximum absolute atomic E-state index is 10.1. The summed E-state index contributed by atoms with van der Waals surface area (Å²) in [5, 5.41) is 17.8. The SMILES string of the molecule is CCCn1nncc1C(O)c1ccncn1. The summed E-state index contributed by atoms with van der Waals surface area (Å²) >= 11 is 0. The minimum atomic E-state index is -0.801. The van der Waals surface area contributed by atoms with E-state index in [0.29, 0.717) is 11.4 Å². The molecule has 0 aromatic carbocycles. The molecular weight excluding hydrogens is 206 g/mol. The Labute approximate surface area is 93.0 Å². The fourth-order valence-corrected chi connectivity index (χ4v) is 1.48. The monoisotopic (exact) mass is 219 g/mol. The van der Waals surface area contributed by atoms with E-state index >= 15 is 0 Å². The second-order valence-corrected chi connectivity index (χ2v) is 3.42. The van der Waals surface area contributed by atoms with Crippen LogP contribution in [0.1, 0.15) is 30.8 Å². The van der Waals surface area contributed by atoms with E-state index < -0.39 is 6.10 Å². The van der Waals surface area contributed by atoms with Gasteiger partial charge in [-0.05, 0) is 12.5 Å². The highest BCUT2D eigenvalue weighted by Crippen LogP contribution is 2.18. The predicted molar refractivity (Wildman–Crippen MR) is 56.4 cm³/mol. The first kappa shape index (κ1) is 10.7. The first-order valence-corrected chi connectivity index (χ1v) is 5.15. The van der Waals surface area contributed by atoms with E-state index in [1.165, 1.54) is 6.33 Å². The van der Waals surface area contributed by atoms with Crippen molar-refractivity contribution in [2.75, 3.05) is 0 Å². The molecule has 0 aliphatic rings. The lowest BCUT2D eigenvalue weighted by Gasteiger charge is -2.10. The molecule has 16 heavy (non-hydrogen) atoms. The zero-order chi connectivity index (χ0) is 11.4. The summed E-state index contributed by atoms with van der Waals surface area (Å²) in [7, 11) is 0. The van der Waals surface area contributed by atoms with Crippen LogP contribution in [0.25, 0.3) is 0 Å². The maximum Gasteiger partial charge on any atom is 0.139 e. The second-order valence-electron chi connectivity index (χ2n) is 3.42. The van der Waals surface area contributed by atoms with Gasteiger partial charge in [0.2, 0.25) is 0 Å². The fourth-order valence-electron chi connectivity index (χ4n) is 1.48. The lowest BCUT2D eigenvalue weighted by molar-refractivity contribution is 0.202. The zero-order valence-electron chi connectivity index (χ0n) is 8.98. The summed E-state index contributed by atoms with van der Waals surface area (Å²) in [4.78, 5) is 7.81. The molecule has 84 valence electrons. The van der Waals surface area contributed by atoms with Crippen LogP contribution in [-0.2, 0) is 6.54 Å². The van der Waals surface area contributed by atoms with E-state index in [9.17, 15) is 5.11 Å². The predicted octanol–water partition coefficient (Wildman–Crippen LogP) is 0.560. The van der Waals surface area contributed by atoms with Crippen LogP contribution in [0.2, 0.25) is 0 Å². The molecule has 1 N–H and O–H groups in total. The van der Waals surface area contributed by atoms with Crippen LogP contribution in [0.4, 0.5) is 0 Å². The molecule has 0 fully saturated rings. The van der Waals surface area contributed by atoms with E-state index in [1.807, 2.05) is 6.92 Å². The van der Waals surface area contributed by atoms with Gasteiger partial charge in [-0.3, -0.25) is 0 Å². The summed E-state index contributed by atoms with van der Waals surface area (Å²) in [5.74, 6) is 0. The van der Waals surface area contributed by atoms with Gasteiger partial charge in [0, 0.05) is 12.7 Å². The van der Waals surface area contributed by atoms with Crippen molar-refractivity contribution in [3.63, 3.8) is 0 Å². The van der Waals surface area contributed by atoms with Gasteiger partial charge < -0.3 is 5.11 Å². The summed E-state index contributed by atoms with van der Waals surface area (Å²) in [6.45, 7) is 2.78. The Bertz CT molecular complexity index is 441. The van der Waals surface area contributed by atoms with E-state index in [2.05, 4.69) is 20.3 Å². The van der Waals surface area contributed by atoms with Gasteiger partial charge in [0.25, 0.3) is 0 Å². The maximum atomic E-state index is 10.1. The van der Waals surface area contributed by atoms with Gasteiger partial charge >= 0.3 is 0 Å². The van der Waals surface area contributed by atoms with Gasteiger partial charge in [-0.2, -0.15) is 0 Å². The Morgan fingerprint density at radius 1 is 1.50 bits per heavy atom. The average molecular weight is 219 g/mol. The van der Waals surface area contributed by atoms with Crippen LogP contribution in [0.5, 0.6) is 0 Å². The third kappa shape index (κ3) is 2.06. The molecule has 0 bridgehead atoms. The van der Waals surface area contributed by atoms with Crippen molar-refractivity contribution in [2.24, 2.45) is 0 Å². The van der Waals surface area contributed by atoms with Gasteiger partial charge in [0.05, 0.1) is 17.6 Å². The number of aromatic nitrogens is 5. The summed E-state index contributed by atoms with van der Waals surface area (Å²) in [6.07, 6.45) is 4.70. The number of rotatable bonds is 4. The highest BCUT2D eigenvalue weighted by Gasteiger charge is 2.16. The molecule has 6 nitrogen and oxygen atoms in total. The van der Waals surface area contributed by atoms with Crippen LogP contribution in [0.3, 0.4) is 0 Å². The van der Waals surface area contributed by atoms with Gasteiger partial charge in [-0.1, -0.05) is 12.1 Å². The molecule has 0 saturated carbocycles. The Morgan fingerprint density at radius 2 is 2.38 bits per heavy atom. The first-order chi connectivity index (χ1) is 7.83. The highest BCUT2D eigenvalue weighted by atomic mass is 16.3. The number of hydrogen-bond donors (Lipinski definition) is 1. The van der Waals surface area contributed by atoms with Gasteiger partial charge in [0.15, 0.2) is 0 Å². The van der Waals surface area contributed by atoms with Crippen LogP contribution < -0.4 is 0 Å². The molecule has 0 aliphatic heterocycles. The van der Waals surface area contributed by atoms with E-state index in [4.69, 9.17) is 0 Å². The Balaban J connectivity index is 2.27. The summed E-state index contributed by atoms with van der Waals surface area (Å²) in [6, 6.07) is 1.67. The smallest absolute Gasteiger partial charge is 0.139 e. The molecule has 0 radical (unpaired) electrons. The molecule has 2 aromatic heterocycles. The quantitative estimate of drug-likeness (QED) is 0.813. The third-order valence-corrected chi connectivity index (χ3v) is 2.25.